The predicted octanol–water partition coefficient (Wildman–Crippen LogP) is 4.62. The maximum absolute atomic E-state index is 3.96. The Kier molecular flexibility index (Phi) is 1.88. The molecule has 0 aromatic carbocycles. The van der Waals surface area contributed by atoms with Crippen molar-refractivity contribution in [2.45, 2.75) is 57.2 Å². The molecule has 0 heterocycles. The third-order valence-corrected chi connectivity index (χ3v) is 7.70. The molecular formula is C15H23Br. The first kappa shape index (κ1) is 10.4. The molecule has 6 bridgehead atoms. The Hall–Kier alpha value is 0.480. The van der Waals surface area contributed by atoms with E-state index in [0.29, 0.717) is 5.41 Å². The van der Waals surface area contributed by atoms with Gasteiger partial charge in [-0.05, 0) is 73.0 Å². The minimum absolute atomic E-state index is 0.702. The Morgan fingerprint density at radius 1 is 0.938 bits per heavy atom. The van der Waals surface area contributed by atoms with Crippen LogP contribution in [0.3, 0.4) is 0 Å². The van der Waals surface area contributed by atoms with E-state index in [-0.39, 0.29) is 0 Å². The highest BCUT2D eigenvalue weighted by atomic mass is 79.9. The first-order chi connectivity index (χ1) is 7.51. The Morgan fingerprint density at radius 2 is 1.75 bits per heavy atom. The first-order valence-corrected chi connectivity index (χ1v) is 8.07. The van der Waals surface area contributed by atoms with Crippen LogP contribution in [0.5, 0.6) is 0 Å². The second-order valence-electron chi connectivity index (χ2n) is 7.85. The van der Waals surface area contributed by atoms with Gasteiger partial charge in [-0.25, -0.2) is 0 Å². The van der Waals surface area contributed by atoms with E-state index in [9.17, 15) is 0 Å². The smallest absolute Gasteiger partial charge is 0.0154 e. The van der Waals surface area contributed by atoms with Gasteiger partial charge in [0.25, 0.3) is 0 Å². The lowest BCUT2D eigenvalue weighted by molar-refractivity contribution is -0.202. The Labute approximate surface area is 108 Å². The summed E-state index contributed by atoms with van der Waals surface area (Å²) in [5.41, 5.74) is 1.43. The molecule has 5 aliphatic rings. The molecule has 0 saturated heterocycles. The molecule has 0 nitrogen and oxygen atoms in total. The summed E-state index contributed by atoms with van der Waals surface area (Å²) in [6.45, 7) is 5.25. The molecule has 7 atom stereocenters. The normalized spacial score (nSPS) is 67.3. The number of hydrogen-bond acceptors (Lipinski definition) is 0. The van der Waals surface area contributed by atoms with Crippen molar-refractivity contribution in [2.75, 3.05) is 0 Å². The molecule has 5 fully saturated rings. The topological polar surface area (TPSA) is 0 Å². The van der Waals surface area contributed by atoms with Crippen LogP contribution >= 0.6 is 15.9 Å². The molecule has 0 spiro atoms. The van der Waals surface area contributed by atoms with Gasteiger partial charge in [-0.15, -0.1) is 0 Å². The van der Waals surface area contributed by atoms with Crippen LogP contribution in [0.15, 0.2) is 0 Å². The molecule has 5 rings (SSSR count). The number of alkyl halides is 1. The molecule has 16 heavy (non-hydrogen) atoms. The van der Waals surface area contributed by atoms with Gasteiger partial charge in [0.1, 0.15) is 0 Å². The minimum atomic E-state index is 0.702. The summed E-state index contributed by atoms with van der Waals surface area (Å²) in [6, 6.07) is 0. The van der Waals surface area contributed by atoms with Gasteiger partial charge < -0.3 is 0 Å². The minimum Gasteiger partial charge on any atom is -0.0890 e. The molecule has 5 saturated carbocycles. The van der Waals surface area contributed by atoms with Crippen LogP contribution in [0.2, 0.25) is 0 Å². The lowest BCUT2D eigenvalue weighted by atomic mass is 9.35. The zero-order valence-corrected chi connectivity index (χ0v) is 12.1. The van der Waals surface area contributed by atoms with E-state index in [2.05, 4.69) is 29.8 Å². The van der Waals surface area contributed by atoms with Crippen molar-refractivity contribution in [1.82, 2.24) is 0 Å². The zero-order chi connectivity index (χ0) is 11.1. The van der Waals surface area contributed by atoms with E-state index >= 15 is 0 Å². The van der Waals surface area contributed by atoms with Crippen molar-refractivity contribution in [3.63, 3.8) is 0 Å². The predicted molar refractivity (Wildman–Crippen MR) is 70.6 cm³/mol. The summed E-state index contributed by atoms with van der Waals surface area (Å²) in [7, 11) is 0. The van der Waals surface area contributed by atoms with Gasteiger partial charge in [0, 0.05) is 4.83 Å². The summed E-state index contributed by atoms with van der Waals surface area (Å²) in [5, 5.41) is 0. The maximum atomic E-state index is 3.96. The zero-order valence-electron chi connectivity index (χ0n) is 10.5. The lowest BCUT2D eigenvalue weighted by Crippen LogP contribution is -2.63. The van der Waals surface area contributed by atoms with Crippen LogP contribution in [0.1, 0.15) is 52.4 Å². The molecule has 1 heteroatoms. The second-order valence-corrected chi connectivity index (χ2v) is 9.15. The van der Waals surface area contributed by atoms with Crippen LogP contribution in [0.25, 0.3) is 0 Å². The molecule has 5 aliphatic carbocycles. The fourth-order valence-electron chi connectivity index (χ4n) is 6.50. The van der Waals surface area contributed by atoms with Crippen LogP contribution in [0, 0.1) is 34.5 Å². The van der Waals surface area contributed by atoms with Crippen molar-refractivity contribution in [3.8, 4) is 0 Å². The number of rotatable bonds is 0. The lowest BCUT2D eigenvalue weighted by Gasteiger charge is -2.70. The van der Waals surface area contributed by atoms with E-state index in [1.165, 1.54) is 12.8 Å². The fourth-order valence-corrected chi connectivity index (χ4v) is 7.60. The number of hydrogen-bond donors (Lipinski definition) is 0. The Morgan fingerprint density at radius 3 is 2.56 bits per heavy atom. The molecule has 7 unspecified atom stereocenters. The highest BCUT2D eigenvalue weighted by Crippen LogP contribution is 2.73. The molecule has 0 N–H and O–H groups in total. The molecular weight excluding hydrogens is 260 g/mol. The van der Waals surface area contributed by atoms with Crippen molar-refractivity contribution in [2.24, 2.45) is 34.5 Å². The molecule has 0 aromatic heterocycles. The highest BCUT2D eigenvalue weighted by molar-refractivity contribution is 9.09. The average Bonchev–Trinajstić information content (AvgIpc) is 2.17. The van der Waals surface area contributed by atoms with E-state index in [0.717, 1.165) is 33.9 Å². The average molecular weight is 283 g/mol. The van der Waals surface area contributed by atoms with Crippen molar-refractivity contribution >= 4 is 15.9 Å². The molecule has 90 valence electrons. The summed E-state index contributed by atoms with van der Waals surface area (Å²) in [5.74, 6) is 4.29. The van der Waals surface area contributed by atoms with E-state index in [1.807, 2.05) is 0 Å². The van der Waals surface area contributed by atoms with Crippen LogP contribution in [-0.4, -0.2) is 4.83 Å². The maximum Gasteiger partial charge on any atom is 0.0154 e. The SMILES string of the molecule is CC12CC3CC(C1)C1(C)CC(Br)CC2C1C3. The van der Waals surface area contributed by atoms with Gasteiger partial charge in [0.2, 0.25) is 0 Å². The van der Waals surface area contributed by atoms with E-state index < -0.39 is 0 Å². The van der Waals surface area contributed by atoms with Gasteiger partial charge in [-0.1, -0.05) is 29.8 Å². The van der Waals surface area contributed by atoms with Gasteiger partial charge in [-0.3, -0.25) is 0 Å². The standard InChI is InChI=1S/C15H23Br/c1-14-6-9-3-10(7-14)15(2)8-11(16)5-12(14)13(15)4-9/h9-13H,3-8H2,1-2H3. The quantitative estimate of drug-likeness (QED) is 0.569. The Bertz CT molecular complexity index is 336. The second kappa shape index (κ2) is 2.90. The van der Waals surface area contributed by atoms with Crippen molar-refractivity contribution < 1.29 is 0 Å². The highest BCUT2D eigenvalue weighted by Gasteiger charge is 2.65. The molecule has 0 amide bonds. The third kappa shape index (κ3) is 1.07. The molecule has 0 radical (unpaired) electrons. The van der Waals surface area contributed by atoms with Gasteiger partial charge >= 0.3 is 0 Å². The summed E-state index contributed by atoms with van der Waals surface area (Å²) >= 11 is 3.96. The van der Waals surface area contributed by atoms with Gasteiger partial charge in [-0.2, -0.15) is 0 Å². The van der Waals surface area contributed by atoms with Gasteiger partial charge in [0.05, 0.1) is 0 Å². The monoisotopic (exact) mass is 282 g/mol. The summed E-state index contributed by atoms with van der Waals surface area (Å²) in [6.07, 6.45) is 9.18. The van der Waals surface area contributed by atoms with Crippen LogP contribution in [0.4, 0.5) is 0 Å². The Balaban J connectivity index is 1.83. The van der Waals surface area contributed by atoms with Crippen LogP contribution < -0.4 is 0 Å². The van der Waals surface area contributed by atoms with E-state index in [1.54, 1.807) is 25.7 Å². The van der Waals surface area contributed by atoms with Gasteiger partial charge in [0.15, 0.2) is 0 Å². The van der Waals surface area contributed by atoms with E-state index in [4.69, 9.17) is 0 Å². The molecule has 0 aromatic rings. The summed E-state index contributed by atoms with van der Waals surface area (Å²) < 4.78 is 0. The van der Waals surface area contributed by atoms with Crippen molar-refractivity contribution in [3.05, 3.63) is 0 Å². The fraction of sp³-hybridized carbons (Fsp3) is 1.00. The number of halogens is 1. The summed E-state index contributed by atoms with van der Waals surface area (Å²) in [4.78, 5) is 0.815. The first-order valence-electron chi connectivity index (χ1n) is 7.15. The third-order valence-electron chi connectivity index (χ3n) is 7.00. The largest absolute Gasteiger partial charge is 0.0890 e. The van der Waals surface area contributed by atoms with Crippen LogP contribution in [-0.2, 0) is 0 Å². The van der Waals surface area contributed by atoms with Crippen molar-refractivity contribution in [1.29, 1.82) is 0 Å². The molecule has 0 aliphatic heterocycles.